The van der Waals surface area contributed by atoms with Crippen LogP contribution < -0.4 is 4.74 Å². The predicted molar refractivity (Wildman–Crippen MR) is 55.7 cm³/mol. The smallest absolute Gasteiger partial charge is 0.137 e. The summed E-state index contributed by atoms with van der Waals surface area (Å²) >= 11 is 0. The molecule has 0 amide bonds. The van der Waals surface area contributed by atoms with Crippen LogP contribution in [0.5, 0.6) is 5.75 Å². The molecule has 1 aliphatic rings. The summed E-state index contributed by atoms with van der Waals surface area (Å²) < 4.78 is 18.6. The Hall–Kier alpha value is -1.16. The van der Waals surface area contributed by atoms with E-state index in [-0.39, 0.29) is 6.04 Å². The monoisotopic (exact) mass is 210 g/mol. The number of likely N-dealkylation sites (tertiary alicyclic amines) is 1. The lowest BCUT2D eigenvalue weighted by Gasteiger charge is -2.18. The van der Waals surface area contributed by atoms with E-state index < -0.39 is 6.17 Å². The minimum Gasteiger partial charge on any atom is -0.490 e. The molecule has 0 N–H and O–H groups in total. The van der Waals surface area contributed by atoms with Crippen molar-refractivity contribution < 1.29 is 9.13 Å². The molecule has 0 radical (unpaired) electrons. The van der Waals surface area contributed by atoms with Gasteiger partial charge in [0.05, 0.1) is 6.20 Å². The molecular weight excluding hydrogens is 195 g/mol. The summed E-state index contributed by atoms with van der Waals surface area (Å²) in [5.41, 5.74) is 0. The standard InChI is InChI=1S/C11H15FN2O/c1-14-7-9(12)5-10(14)8-15-11-3-2-4-13-6-11/h2-4,6,9-10H,5,7-8H2,1H3/t9-,10-/m0/s1. The summed E-state index contributed by atoms with van der Waals surface area (Å²) in [4.78, 5) is 5.95. The Balaban J connectivity index is 1.84. The summed E-state index contributed by atoms with van der Waals surface area (Å²) in [5.74, 6) is 0.744. The van der Waals surface area contributed by atoms with E-state index in [0.717, 1.165) is 5.75 Å². The molecule has 4 heteroatoms. The van der Waals surface area contributed by atoms with Crippen LogP contribution in [0.3, 0.4) is 0 Å². The normalized spacial score (nSPS) is 26.8. The number of alkyl halides is 1. The summed E-state index contributed by atoms with van der Waals surface area (Å²) in [7, 11) is 1.93. The highest BCUT2D eigenvalue weighted by Crippen LogP contribution is 2.19. The Kier molecular flexibility index (Phi) is 3.16. The molecule has 1 aliphatic heterocycles. The average molecular weight is 210 g/mol. The SMILES string of the molecule is CN1C[C@@H](F)C[C@H]1COc1cccnc1. The first kappa shape index (κ1) is 10.4. The summed E-state index contributed by atoms with van der Waals surface area (Å²) in [6.07, 6.45) is 3.22. The average Bonchev–Trinajstić information content (AvgIpc) is 2.56. The number of hydrogen-bond donors (Lipinski definition) is 0. The molecule has 0 unspecified atom stereocenters. The van der Waals surface area contributed by atoms with Gasteiger partial charge in [0.1, 0.15) is 18.5 Å². The Morgan fingerprint density at radius 3 is 3.13 bits per heavy atom. The van der Waals surface area contributed by atoms with Crippen LogP contribution in [0.4, 0.5) is 4.39 Å². The van der Waals surface area contributed by atoms with Gasteiger partial charge in [-0.3, -0.25) is 9.88 Å². The minimum absolute atomic E-state index is 0.181. The van der Waals surface area contributed by atoms with Gasteiger partial charge in [0.25, 0.3) is 0 Å². The number of halogens is 1. The molecule has 0 saturated carbocycles. The second kappa shape index (κ2) is 4.57. The Morgan fingerprint density at radius 2 is 2.53 bits per heavy atom. The molecule has 82 valence electrons. The Labute approximate surface area is 88.9 Å². The van der Waals surface area contributed by atoms with E-state index in [1.165, 1.54) is 0 Å². The highest BCUT2D eigenvalue weighted by Gasteiger charge is 2.29. The molecule has 0 bridgehead atoms. The maximum Gasteiger partial charge on any atom is 0.137 e. The zero-order valence-corrected chi connectivity index (χ0v) is 8.77. The van der Waals surface area contributed by atoms with Gasteiger partial charge >= 0.3 is 0 Å². The van der Waals surface area contributed by atoms with Crippen LogP contribution in [0.1, 0.15) is 6.42 Å². The molecule has 2 atom stereocenters. The minimum atomic E-state index is -0.711. The molecule has 0 spiro atoms. The van der Waals surface area contributed by atoms with E-state index in [0.29, 0.717) is 19.6 Å². The third kappa shape index (κ3) is 2.65. The highest BCUT2D eigenvalue weighted by molar-refractivity contribution is 5.15. The van der Waals surface area contributed by atoms with Gasteiger partial charge in [-0.25, -0.2) is 4.39 Å². The summed E-state index contributed by atoms with van der Waals surface area (Å²) in [5, 5.41) is 0. The summed E-state index contributed by atoms with van der Waals surface area (Å²) in [6.45, 7) is 1.05. The van der Waals surface area contributed by atoms with Crippen LogP contribution in [0, 0.1) is 0 Å². The molecule has 1 fully saturated rings. The van der Waals surface area contributed by atoms with Crippen molar-refractivity contribution >= 4 is 0 Å². The van der Waals surface area contributed by atoms with Gasteiger partial charge in [-0.05, 0) is 25.6 Å². The number of aromatic nitrogens is 1. The maximum atomic E-state index is 13.0. The van der Waals surface area contributed by atoms with Gasteiger partial charge < -0.3 is 4.74 Å². The van der Waals surface area contributed by atoms with Gasteiger partial charge in [0, 0.05) is 18.8 Å². The molecule has 1 aromatic rings. The van der Waals surface area contributed by atoms with Crippen molar-refractivity contribution in [3.8, 4) is 5.75 Å². The number of hydrogen-bond acceptors (Lipinski definition) is 3. The van der Waals surface area contributed by atoms with Gasteiger partial charge in [-0.15, -0.1) is 0 Å². The van der Waals surface area contributed by atoms with Crippen molar-refractivity contribution in [2.45, 2.75) is 18.6 Å². The number of nitrogens with zero attached hydrogens (tertiary/aromatic N) is 2. The van der Waals surface area contributed by atoms with Crippen molar-refractivity contribution in [1.82, 2.24) is 9.88 Å². The largest absolute Gasteiger partial charge is 0.490 e. The van der Waals surface area contributed by atoms with Crippen LogP contribution in [0.2, 0.25) is 0 Å². The van der Waals surface area contributed by atoms with Crippen LogP contribution in [-0.4, -0.2) is 42.3 Å². The molecule has 3 nitrogen and oxygen atoms in total. The molecule has 0 aromatic carbocycles. The van der Waals surface area contributed by atoms with E-state index in [4.69, 9.17) is 4.74 Å². The predicted octanol–water partition coefficient (Wildman–Crippen LogP) is 1.50. The zero-order valence-electron chi connectivity index (χ0n) is 8.77. The third-order valence-electron chi connectivity index (χ3n) is 2.71. The summed E-state index contributed by atoms with van der Waals surface area (Å²) in [6, 6.07) is 3.86. The van der Waals surface area contributed by atoms with Crippen LogP contribution in [0.25, 0.3) is 0 Å². The molecule has 2 heterocycles. The fourth-order valence-electron chi connectivity index (χ4n) is 1.83. The molecule has 1 aromatic heterocycles. The fraction of sp³-hybridized carbons (Fsp3) is 0.545. The first-order valence-corrected chi connectivity index (χ1v) is 5.13. The van der Waals surface area contributed by atoms with Crippen molar-refractivity contribution in [2.75, 3.05) is 20.2 Å². The van der Waals surface area contributed by atoms with E-state index in [1.54, 1.807) is 12.4 Å². The molecule has 2 rings (SSSR count). The van der Waals surface area contributed by atoms with Crippen molar-refractivity contribution in [3.05, 3.63) is 24.5 Å². The van der Waals surface area contributed by atoms with Gasteiger partial charge in [0.15, 0.2) is 0 Å². The quantitative estimate of drug-likeness (QED) is 0.756. The van der Waals surface area contributed by atoms with Crippen LogP contribution in [0.15, 0.2) is 24.5 Å². The van der Waals surface area contributed by atoms with Crippen LogP contribution in [-0.2, 0) is 0 Å². The number of pyridine rings is 1. The van der Waals surface area contributed by atoms with Crippen molar-refractivity contribution in [2.24, 2.45) is 0 Å². The van der Waals surface area contributed by atoms with Gasteiger partial charge in [0.2, 0.25) is 0 Å². The molecule has 15 heavy (non-hydrogen) atoms. The Bertz CT molecular complexity index is 307. The topological polar surface area (TPSA) is 25.4 Å². The van der Waals surface area contributed by atoms with Crippen molar-refractivity contribution in [3.63, 3.8) is 0 Å². The second-order valence-corrected chi connectivity index (χ2v) is 3.93. The number of ether oxygens (including phenoxy) is 1. The number of likely N-dealkylation sites (N-methyl/N-ethyl adjacent to an activating group) is 1. The van der Waals surface area contributed by atoms with E-state index in [1.807, 2.05) is 24.1 Å². The van der Waals surface area contributed by atoms with E-state index >= 15 is 0 Å². The molecule has 1 saturated heterocycles. The van der Waals surface area contributed by atoms with E-state index in [9.17, 15) is 4.39 Å². The first-order chi connectivity index (χ1) is 7.25. The lowest BCUT2D eigenvalue weighted by molar-refractivity contribution is 0.197. The van der Waals surface area contributed by atoms with Gasteiger partial charge in [-0.1, -0.05) is 0 Å². The lowest BCUT2D eigenvalue weighted by Crippen LogP contribution is -2.30. The lowest BCUT2D eigenvalue weighted by atomic mass is 10.2. The second-order valence-electron chi connectivity index (χ2n) is 3.93. The van der Waals surface area contributed by atoms with E-state index in [2.05, 4.69) is 4.98 Å². The number of rotatable bonds is 3. The maximum absolute atomic E-state index is 13.0. The fourth-order valence-corrected chi connectivity index (χ4v) is 1.83. The van der Waals surface area contributed by atoms with Gasteiger partial charge in [-0.2, -0.15) is 0 Å². The molecular formula is C11H15FN2O. The van der Waals surface area contributed by atoms with Crippen molar-refractivity contribution in [1.29, 1.82) is 0 Å². The third-order valence-corrected chi connectivity index (χ3v) is 2.71. The highest BCUT2D eigenvalue weighted by atomic mass is 19.1. The first-order valence-electron chi connectivity index (χ1n) is 5.13. The van der Waals surface area contributed by atoms with Crippen LogP contribution >= 0.6 is 0 Å². The zero-order chi connectivity index (χ0) is 10.7. The molecule has 0 aliphatic carbocycles. The Morgan fingerprint density at radius 1 is 1.67 bits per heavy atom.